The van der Waals surface area contributed by atoms with Crippen molar-refractivity contribution >= 4 is 9.84 Å². The summed E-state index contributed by atoms with van der Waals surface area (Å²) < 4.78 is 26.2. The number of sulfone groups is 1. The molecule has 1 rings (SSSR count). The summed E-state index contributed by atoms with van der Waals surface area (Å²) in [5, 5.41) is 0. The van der Waals surface area contributed by atoms with Crippen molar-refractivity contribution in [2.75, 3.05) is 12.4 Å². The molecular formula is C7H12O3S. The van der Waals surface area contributed by atoms with Gasteiger partial charge in [-0.1, -0.05) is 6.58 Å². The Balaban J connectivity index is 2.35. The summed E-state index contributed by atoms with van der Waals surface area (Å²) in [5.74, 6) is 0.306. The van der Waals surface area contributed by atoms with Crippen LogP contribution < -0.4 is 0 Å². The quantitative estimate of drug-likeness (QED) is 0.360. The maximum Gasteiger partial charge on any atom is 0.158 e. The molecule has 4 heteroatoms. The van der Waals surface area contributed by atoms with Gasteiger partial charge in [0.05, 0.1) is 23.4 Å². The highest BCUT2D eigenvalue weighted by molar-refractivity contribution is 8.00. The summed E-state index contributed by atoms with van der Waals surface area (Å²) >= 11 is 0. The molecule has 1 aliphatic rings. The normalized spacial score (nSPS) is 32.8. The van der Waals surface area contributed by atoms with Gasteiger partial charge in [0, 0.05) is 6.42 Å². The molecule has 11 heavy (non-hydrogen) atoms. The lowest BCUT2D eigenvalue weighted by Crippen LogP contribution is -2.10. The Morgan fingerprint density at radius 3 is 2.64 bits per heavy atom. The second-order valence-corrected chi connectivity index (χ2v) is 5.50. The van der Waals surface area contributed by atoms with Gasteiger partial charge in [0.25, 0.3) is 0 Å². The molecule has 0 N–H and O–H groups in total. The lowest BCUT2D eigenvalue weighted by Gasteiger charge is -2.03. The van der Waals surface area contributed by atoms with Gasteiger partial charge in [-0.3, -0.25) is 0 Å². The van der Waals surface area contributed by atoms with Crippen LogP contribution in [0.25, 0.3) is 0 Å². The first kappa shape index (κ1) is 8.59. The first-order valence-electron chi connectivity index (χ1n) is 3.47. The maximum absolute atomic E-state index is 10.9. The van der Waals surface area contributed by atoms with Gasteiger partial charge >= 0.3 is 0 Å². The van der Waals surface area contributed by atoms with Crippen LogP contribution in [-0.4, -0.2) is 25.5 Å². The van der Waals surface area contributed by atoms with Crippen molar-refractivity contribution in [3.63, 3.8) is 0 Å². The highest BCUT2D eigenvalue weighted by atomic mass is 32.2. The molecule has 0 aromatic carbocycles. The van der Waals surface area contributed by atoms with E-state index in [0.717, 1.165) is 0 Å². The fourth-order valence-electron chi connectivity index (χ4n) is 0.958. The summed E-state index contributed by atoms with van der Waals surface area (Å²) in [5.41, 5.74) is 0. The van der Waals surface area contributed by atoms with E-state index in [1.165, 1.54) is 6.26 Å². The van der Waals surface area contributed by atoms with Crippen LogP contribution in [0.5, 0.6) is 0 Å². The van der Waals surface area contributed by atoms with Gasteiger partial charge in [-0.2, -0.15) is 0 Å². The molecule has 0 aliphatic carbocycles. The van der Waals surface area contributed by atoms with E-state index in [4.69, 9.17) is 4.74 Å². The monoisotopic (exact) mass is 176 g/mol. The van der Waals surface area contributed by atoms with Gasteiger partial charge in [0.1, 0.15) is 0 Å². The summed E-state index contributed by atoms with van der Waals surface area (Å²) in [6.07, 6.45) is 1.90. The molecule has 0 bridgehead atoms. The van der Waals surface area contributed by atoms with Crippen LogP contribution in [0.3, 0.4) is 0 Å². The molecule has 3 nitrogen and oxygen atoms in total. The molecule has 0 radical (unpaired) electrons. The van der Waals surface area contributed by atoms with E-state index in [1.54, 1.807) is 6.92 Å². The summed E-state index contributed by atoms with van der Waals surface area (Å²) in [7, 11) is -2.75. The van der Waals surface area contributed by atoms with Crippen molar-refractivity contribution in [1.29, 1.82) is 0 Å². The minimum absolute atomic E-state index is 0.306. The molecule has 1 saturated heterocycles. The molecule has 0 aromatic rings. The van der Waals surface area contributed by atoms with E-state index in [9.17, 15) is 8.42 Å². The Morgan fingerprint density at radius 1 is 1.73 bits per heavy atom. The third kappa shape index (κ3) is 1.56. The third-order valence-electron chi connectivity index (χ3n) is 2.02. The molecule has 0 spiro atoms. The van der Waals surface area contributed by atoms with Gasteiger partial charge in [-0.05, 0) is 6.92 Å². The van der Waals surface area contributed by atoms with Crippen molar-refractivity contribution < 1.29 is 13.2 Å². The van der Waals surface area contributed by atoms with E-state index in [-0.39, 0.29) is 0 Å². The topological polar surface area (TPSA) is 43.4 Å². The minimum atomic E-state index is -2.75. The van der Waals surface area contributed by atoms with E-state index in [2.05, 4.69) is 6.58 Å². The van der Waals surface area contributed by atoms with E-state index < -0.39 is 14.6 Å². The zero-order chi connectivity index (χ0) is 8.54. The SMILES string of the molecule is C=COCCC1(C)CS1(=O)=O. The Bertz CT molecular complexity index is 255. The fourth-order valence-corrected chi connectivity index (χ4v) is 2.53. The Labute approximate surface area is 67.0 Å². The highest BCUT2D eigenvalue weighted by Crippen LogP contribution is 2.38. The summed E-state index contributed by atoms with van der Waals surface area (Å²) in [6.45, 7) is 5.55. The lowest BCUT2D eigenvalue weighted by molar-refractivity contribution is 0.239. The number of hydrogen-bond acceptors (Lipinski definition) is 3. The second-order valence-electron chi connectivity index (χ2n) is 3.00. The summed E-state index contributed by atoms with van der Waals surface area (Å²) in [6, 6.07) is 0. The zero-order valence-corrected chi connectivity index (χ0v) is 7.36. The van der Waals surface area contributed by atoms with E-state index in [0.29, 0.717) is 18.8 Å². The molecular weight excluding hydrogens is 164 g/mol. The Hall–Kier alpha value is -0.510. The van der Waals surface area contributed by atoms with Crippen LogP contribution in [0.1, 0.15) is 13.3 Å². The van der Waals surface area contributed by atoms with Gasteiger partial charge in [-0.25, -0.2) is 8.42 Å². The summed E-state index contributed by atoms with van der Waals surface area (Å²) in [4.78, 5) is 0. The number of ether oxygens (including phenoxy) is 1. The molecule has 0 amide bonds. The van der Waals surface area contributed by atoms with Gasteiger partial charge in [0.2, 0.25) is 0 Å². The zero-order valence-electron chi connectivity index (χ0n) is 6.54. The molecule has 1 atom stereocenters. The van der Waals surface area contributed by atoms with Crippen LogP contribution in [0.4, 0.5) is 0 Å². The van der Waals surface area contributed by atoms with Crippen LogP contribution in [0, 0.1) is 0 Å². The smallest absolute Gasteiger partial charge is 0.158 e. The lowest BCUT2D eigenvalue weighted by atomic mass is 10.1. The van der Waals surface area contributed by atoms with Gasteiger partial charge < -0.3 is 4.74 Å². The van der Waals surface area contributed by atoms with Crippen LogP contribution in [0.15, 0.2) is 12.8 Å². The number of rotatable bonds is 4. The van der Waals surface area contributed by atoms with Crippen molar-refractivity contribution in [2.24, 2.45) is 0 Å². The van der Waals surface area contributed by atoms with Gasteiger partial charge in [0.15, 0.2) is 9.84 Å². The number of hydrogen-bond donors (Lipinski definition) is 0. The molecule has 1 unspecified atom stereocenters. The highest BCUT2D eigenvalue weighted by Gasteiger charge is 2.56. The first-order chi connectivity index (χ1) is 5.02. The molecule has 64 valence electrons. The molecule has 1 heterocycles. The molecule has 0 saturated carbocycles. The van der Waals surface area contributed by atoms with Crippen molar-refractivity contribution in [2.45, 2.75) is 18.1 Å². The van der Waals surface area contributed by atoms with Crippen molar-refractivity contribution in [3.05, 3.63) is 12.8 Å². The average molecular weight is 176 g/mol. The van der Waals surface area contributed by atoms with Crippen molar-refractivity contribution in [3.8, 4) is 0 Å². The van der Waals surface area contributed by atoms with E-state index >= 15 is 0 Å². The second kappa shape index (κ2) is 2.52. The average Bonchev–Trinajstić information content (AvgIpc) is 2.33. The van der Waals surface area contributed by atoms with Gasteiger partial charge in [-0.15, -0.1) is 0 Å². The largest absolute Gasteiger partial charge is 0.502 e. The fraction of sp³-hybridized carbons (Fsp3) is 0.714. The predicted octanol–water partition coefficient (Wildman–Crippen LogP) is 0.724. The van der Waals surface area contributed by atoms with Crippen molar-refractivity contribution in [1.82, 2.24) is 0 Å². The molecule has 1 fully saturated rings. The standard InChI is InChI=1S/C7H12O3S/c1-3-10-5-4-7(2)6-11(7,8)9/h3H,1,4-6H2,2H3. The Morgan fingerprint density at radius 2 is 2.27 bits per heavy atom. The van der Waals surface area contributed by atoms with E-state index in [1.807, 2.05) is 0 Å². The van der Waals surface area contributed by atoms with Crippen LogP contribution >= 0.6 is 0 Å². The van der Waals surface area contributed by atoms with Crippen LogP contribution in [0.2, 0.25) is 0 Å². The maximum atomic E-state index is 10.9. The molecule has 0 aromatic heterocycles. The third-order valence-corrected chi connectivity index (χ3v) is 4.54. The Kier molecular flexibility index (Phi) is 1.96. The predicted molar refractivity (Wildman–Crippen MR) is 43.0 cm³/mol. The minimum Gasteiger partial charge on any atom is -0.502 e. The first-order valence-corrected chi connectivity index (χ1v) is 5.12. The van der Waals surface area contributed by atoms with Crippen LogP contribution in [-0.2, 0) is 14.6 Å². The molecule has 1 aliphatic heterocycles.